The predicted molar refractivity (Wildman–Crippen MR) is 83.4 cm³/mol. The van der Waals surface area contributed by atoms with Crippen molar-refractivity contribution in [1.82, 2.24) is 15.2 Å². The number of carbonyl (C=O) groups is 2. The highest BCUT2D eigenvalue weighted by Gasteiger charge is 2.24. The minimum Gasteiger partial charge on any atom is -0.361 e. The Labute approximate surface area is 127 Å². The van der Waals surface area contributed by atoms with Crippen LogP contribution in [0.2, 0.25) is 0 Å². The van der Waals surface area contributed by atoms with Gasteiger partial charge in [0.15, 0.2) is 0 Å². The normalized spacial score (nSPS) is 15.0. The van der Waals surface area contributed by atoms with Crippen LogP contribution in [0.25, 0.3) is 10.9 Å². The van der Waals surface area contributed by atoms with Gasteiger partial charge in [-0.15, -0.1) is 0 Å². The molecule has 3 rings (SSSR count). The molecule has 2 heterocycles. The standard InChI is InChI=1S/C15H17N5O2/c16-14(22)19-15-17-7-5-13(21)20(15)8-6-10-9-18-12-4-2-1-3-11(10)12/h1-4,9,18H,5-8H2,(H3,16,17,19,22). The highest BCUT2D eigenvalue weighted by molar-refractivity contribution is 6.05. The summed E-state index contributed by atoms with van der Waals surface area (Å²) in [7, 11) is 0. The molecule has 4 N–H and O–H groups in total. The van der Waals surface area contributed by atoms with Crippen LogP contribution >= 0.6 is 0 Å². The van der Waals surface area contributed by atoms with Gasteiger partial charge in [0.1, 0.15) is 0 Å². The monoisotopic (exact) mass is 299 g/mol. The van der Waals surface area contributed by atoms with Crippen LogP contribution in [0.5, 0.6) is 0 Å². The van der Waals surface area contributed by atoms with Gasteiger partial charge in [-0.25, -0.2) is 4.79 Å². The molecule has 22 heavy (non-hydrogen) atoms. The van der Waals surface area contributed by atoms with Crippen molar-refractivity contribution in [2.45, 2.75) is 12.8 Å². The highest BCUT2D eigenvalue weighted by atomic mass is 16.2. The number of nitrogens with two attached hydrogens (primary N) is 1. The molecular formula is C15H17N5O2. The summed E-state index contributed by atoms with van der Waals surface area (Å²) in [4.78, 5) is 31.9. The van der Waals surface area contributed by atoms with Gasteiger partial charge in [0.05, 0.1) is 6.54 Å². The molecule has 114 valence electrons. The molecule has 1 aromatic carbocycles. The van der Waals surface area contributed by atoms with E-state index in [1.54, 1.807) is 0 Å². The van der Waals surface area contributed by atoms with Crippen molar-refractivity contribution in [2.75, 3.05) is 13.1 Å². The largest absolute Gasteiger partial charge is 0.361 e. The van der Waals surface area contributed by atoms with Crippen LogP contribution in [0.1, 0.15) is 12.0 Å². The van der Waals surface area contributed by atoms with Crippen LogP contribution in [0.4, 0.5) is 4.79 Å². The number of aromatic amines is 1. The third-order valence-electron chi connectivity index (χ3n) is 3.66. The molecule has 0 unspecified atom stereocenters. The number of fused-ring (bicyclic) bond motifs is 1. The average molecular weight is 299 g/mol. The van der Waals surface area contributed by atoms with Gasteiger partial charge < -0.3 is 10.7 Å². The highest BCUT2D eigenvalue weighted by Crippen LogP contribution is 2.18. The van der Waals surface area contributed by atoms with E-state index in [1.807, 2.05) is 30.5 Å². The van der Waals surface area contributed by atoms with Crippen LogP contribution in [-0.2, 0) is 11.2 Å². The lowest BCUT2D eigenvalue weighted by Crippen LogP contribution is -2.51. The number of nitrogens with one attached hydrogen (secondary N) is 2. The molecule has 2 aromatic rings. The van der Waals surface area contributed by atoms with E-state index in [4.69, 9.17) is 5.73 Å². The number of urea groups is 1. The number of benzene rings is 1. The summed E-state index contributed by atoms with van der Waals surface area (Å²) in [6.45, 7) is 0.817. The zero-order valence-electron chi connectivity index (χ0n) is 12.0. The summed E-state index contributed by atoms with van der Waals surface area (Å²) >= 11 is 0. The Morgan fingerprint density at radius 3 is 3.05 bits per heavy atom. The third kappa shape index (κ3) is 2.78. The SMILES string of the molecule is NC(=O)NC1=NCCC(=O)N1CCc1c[nH]c2ccccc12. The van der Waals surface area contributed by atoms with Crippen LogP contribution in [-0.4, -0.2) is 40.9 Å². The van der Waals surface area contributed by atoms with E-state index in [-0.39, 0.29) is 11.9 Å². The van der Waals surface area contributed by atoms with Gasteiger partial charge in [0, 0.05) is 30.1 Å². The number of nitrogens with zero attached hydrogens (tertiary/aromatic N) is 2. The first kappa shape index (κ1) is 14.1. The van der Waals surface area contributed by atoms with Crippen molar-refractivity contribution in [3.8, 4) is 0 Å². The topological polar surface area (TPSA) is 104 Å². The van der Waals surface area contributed by atoms with Crippen molar-refractivity contribution >= 4 is 28.8 Å². The van der Waals surface area contributed by atoms with Crippen molar-refractivity contribution in [2.24, 2.45) is 10.7 Å². The number of hydrogen-bond donors (Lipinski definition) is 3. The molecule has 1 aliphatic rings. The maximum absolute atomic E-state index is 12.1. The molecule has 0 radical (unpaired) electrons. The second-order valence-electron chi connectivity index (χ2n) is 5.10. The predicted octanol–water partition coefficient (Wildman–Crippen LogP) is 0.967. The summed E-state index contributed by atoms with van der Waals surface area (Å²) in [5.74, 6) is 0.183. The summed E-state index contributed by atoms with van der Waals surface area (Å²) < 4.78 is 0. The number of carbonyl (C=O) groups excluding carboxylic acids is 2. The van der Waals surface area contributed by atoms with Gasteiger partial charge in [-0.2, -0.15) is 0 Å². The molecule has 1 aliphatic heterocycles. The fourth-order valence-corrected chi connectivity index (χ4v) is 2.61. The Morgan fingerprint density at radius 2 is 2.23 bits per heavy atom. The molecule has 3 amide bonds. The maximum Gasteiger partial charge on any atom is 0.318 e. The van der Waals surface area contributed by atoms with Gasteiger partial charge in [0.2, 0.25) is 11.9 Å². The summed E-state index contributed by atoms with van der Waals surface area (Å²) in [6, 6.07) is 7.28. The smallest absolute Gasteiger partial charge is 0.318 e. The van der Waals surface area contributed by atoms with E-state index in [1.165, 1.54) is 4.90 Å². The van der Waals surface area contributed by atoms with E-state index in [9.17, 15) is 9.59 Å². The van der Waals surface area contributed by atoms with Gasteiger partial charge in [-0.3, -0.25) is 20.0 Å². The molecular weight excluding hydrogens is 282 g/mol. The van der Waals surface area contributed by atoms with E-state index in [0.717, 1.165) is 16.5 Å². The fourth-order valence-electron chi connectivity index (χ4n) is 2.61. The molecule has 0 spiro atoms. The van der Waals surface area contributed by atoms with E-state index < -0.39 is 6.03 Å². The molecule has 0 atom stereocenters. The number of hydrogen-bond acceptors (Lipinski definition) is 3. The Bertz CT molecular complexity index is 749. The van der Waals surface area contributed by atoms with Crippen molar-refractivity contribution < 1.29 is 9.59 Å². The number of para-hydroxylation sites is 1. The minimum absolute atomic E-state index is 0.0569. The second kappa shape index (κ2) is 5.88. The molecule has 7 heteroatoms. The number of aliphatic imine (C=N–C) groups is 1. The molecule has 0 fully saturated rings. The van der Waals surface area contributed by atoms with Crippen LogP contribution in [0.3, 0.4) is 0 Å². The van der Waals surface area contributed by atoms with Crippen molar-refractivity contribution in [1.29, 1.82) is 0 Å². The summed E-state index contributed by atoms with van der Waals surface area (Å²) in [5, 5.41) is 3.55. The van der Waals surface area contributed by atoms with E-state index >= 15 is 0 Å². The quantitative estimate of drug-likeness (QED) is 0.786. The number of H-pyrrole nitrogens is 1. The zero-order valence-corrected chi connectivity index (χ0v) is 12.0. The average Bonchev–Trinajstić information content (AvgIpc) is 2.89. The molecule has 0 aliphatic carbocycles. The molecule has 0 saturated carbocycles. The first-order valence-electron chi connectivity index (χ1n) is 7.11. The Balaban J connectivity index is 1.76. The van der Waals surface area contributed by atoms with E-state index in [0.29, 0.717) is 25.9 Å². The number of aromatic nitrogens is 1. The zero-order chi connectivity index (χ0) is 15.5. The first-order valence-corrected chi connectivity index (χ1v) is 7.11. The Morgan fingerprint density at radius 1 is 1.41 bits per heavy atom. The van der Waals surface area contributed by atoms with Gasteiger partial charge in [-0.1, -0.05) is 18.2 Å². The van der Waals surface area contributed by atoms with Crippen LogP contribution in [0, 0.1) is 0 Å². The van der Waals surface area contributed by atoms with Crippen molar-refractivity contribution in [3.05, 3.63) is 36.0 Å². The summed E-state index contributed by atoms with van der Waals surface area (Å²) in [5.41, 5.74) is 7.30. The van der Waals surface area contributed by atoms with Gasteiger partial charge in [0.25, 0.3) is 0 Å². The number of guanidine groups is 1. The Hall–Kier alpha value is -2.83. The number of primary amides is 1. The van der Waals surface area contributed by atoms with Gasteiger partial charge >= 0.3 is 6.03 Å². The van der Waals surface area contributed by atoms with Crippen molar-refractivity contribution in [3.63, 3.8) is 0 Å². The van der Waals surface area contributed by atoms with E-state index in [2.05, 4.69) is 15.3 Å². The summed E-state index contributed by atoms with van der Waals surface area (Å²) in [6.07, 6.45) is 2.95. The molecule has 0 saturated heterocycles. The van der Waals surface area contributed by atoms with Crippen LogP contribution in [0.15, 0.2) is 35.5 Å². The minimum atomic E-state index is -0.717. The lowest BCUT2D eigenvalue weighted by atomic mass is 10.1. The molecule has 7 nitrogen and oxygen atoms in total. The lowest BCUT2D eigenvalue weighted by molar-refractivity contribution is -0.127. The maximum atomic E-state index is 12.1. The second-order valence-corrected chi connectivity index (χ2v) is 5.10. The number of rotatable bonds is 3. The number of amides is 3. The molecule has 0 bridgehead atoms. The van der Waals surface area contributed by atoms with Crippen LogP contribution < -0.4 is 11.1 Å². The lowest BCUT2D eigenvalue weighted by Gasteiger charge is -2.26. The first-order chi connectivity index (χ1) is 10.6. The Kier molecular flexibility index (Phi) is 3.78. The fraction of sp³-hybridized carbons (Fsp3) is 0.267. The van der Waals surface area contributed by atoms with Gasteiger partial charge in [-0.05, 0) is 18.1 Å². The third-order valence-corrected chi connectivity index (χ3v) is 3.66. The molecule has 1 aromatic heterocycles.